The van der Waals surface area contributed by atoms with E-state index in [4.69, 9.17) is 14.0 Å². The Bertz CT molecular complexity index is 733. The monoisotopic (exact) mass is 344 g/mol. The Hall–Kier alpha value is -1.42. The summed E-state index contributed by atoms with van der Waals surface area (Å²) in [5, 5.41) is 10.5. The highest BCUT2D eigenvalue weighted by Gasteiger charge is 2.48. The third-order valence-corrected chi connectivity index (χ3v) is 4.10. The highest BCUT2D eigenvalue weighted by molar-refractivity contribution is 7.51. The summed E-state index contributed by atoms with van der Waals surface area (Å²) in [5.74, 6) is 0. The average molecular weight is 344 g/mol. The van der Waals surface area contributed by atoms with Gasteiger partial charge in [-0.15, -0.1) is 0 Å². The van der Waals surface area contributed by atoms with E-state index in [1.54, 1.807) is 0 Å². The molecule has 5 atom stereocenters. The second-order valence-electron chi connectivity index (χ2n) is 5.27. The average Bonchev–Trinajstić information content (AvgIpc) is 3.02. The van der Waals surface area contributed by atoms with Gasteiger partial charge in [0, 0.05) is 13.8 Å². The van der Waals surface area contributed by atoms with Crippen LogP contribution in [0.3, 0.4) is 0 Å². The molecule has 3 heterocycles. The van der Waals surface area contributed by atoms with Gasteiger partial charge in [-0.3, -0.25) is 13.7 Å². The lowest BCUT2D eigenvalue weighted by Crippen LogP contribution is -2.35. The van der Waals surface area contributed by atoms with Gasteiger partial charge < -0.3 is 19.5 Å². The topological polar surface area (TPSA) is 129 Å². The van der Waals surface area contributed by atoms with Crippen LogP contribution in [0, 0.1) is 0 Å². The Morgan fingerprint density at radius 3 is 2.96 bits per heavy atom. The largest absolute Gasteiger partial charge is 0.386 e. The lowest BCUT2D eigenvalue weighted by Gasteiger charge is -2.21. The van der Waals surface area contributed by atoms with Crippen LogP contribution in [0.25, 0.3) is 11.2 Å². The van der Waals surface area contributed by atoms with Gasteiger partial charge in [0.15, 0.2) is 11.9 Å². The minimum atomic E-state index is -3.81. The Morgan fingerprint density at radius 2 is 2.26 bits per heavy atom. The summed E-state index contributed by atoms with van der Waals surface area (Å²) in [6.45, 7) is 1.15. The van der Waals surface area contributed by atoms with Gasteiger partial charge >= 0.3 is 7.60 Å². The Morgan fingerprint density at radius 1 is 1.48 bits per heavy atom. The van der Waals surface area contributed by atoms with E-state index in [0.717, 1.165) is 6.66 Å². The first-order valence-corrected chi connectivity index (χ1v) is 8.87. The molecule has 2 N–H and O–H groups in total. The molecule has 11 heteroatoms. The van der Waals surface area contributed by atoms with Gasteiger partial charge in [0.25, 0.3) is 0 Å². The Kier molecular flexibility index (Phi) is 4.45. The van der Waals surface area contributed by atoms with Crippen molar-refractivity contribution in [2.75, 3.05) is 20.4 Å². The number of methoxy groups -OCH3 is 1. The maximum atomic E-state index is 11.6. The lowest BCUT2D eigenvalue weighted by molar-refractivity contribution is -0.0571. The summed E-state index contributed by atoms with van der Waals surface area (Å²) in [6.07, 6.45) is 0.573. The first-order valence-electron chi connectivity index (χ1n) is 6.84. The summed E-state index contributed by atoms with van der Waals surface area (Å²) < 4.78 is 29.0. The molecule has 0 spiro atoms. The maximum absolute atomic E-state index is 11.6. The standard InChI is InChI=1S/C12H17N4O6P/c1-20-4-8-10(22-23(2,18)19)9(17)12(21-8)16-6-15-7-3-13-5-14-11(7)16/h3,5-6,8-10,12,17H,4H2,1-2H3,(H,18,19)/t8-,9+,10?,12-/m1/s1. The van der Waals surface area contributed by atoms with E-state index < -0.39 is 32.1 Å². The molecule has 23 heavy (non-hydrogen) atoms. The molecule has 0 aromatic carbocycles. The van der Waals surface area contributed by atoms with E-state index in [9.17, 15) is 14.6 Å². The normalized spacial score (nSPS) is 30.6. The number of ether oxygens (including phenoxy) is 2. The van der Waals surface area contributed by atoms with Crippen molar-refractivity contribution in [3.63, 3.8) is 0 Å². The first-order chi connectivity index (χ1) is 10.9. The van der Waals surface area contributed by atoms with Crippen molar-refractivity contribution in [1.82, 2.24) is 19.5 Å². The second kappa shape index (κ2) is 6.23. The molecule has 2 aromatic rings. The zero-order chi connectivity index (χ0) is 16.6. The summed E-state index contributed by atoms with van der Waals surface area (Å²) in [5.41, 5.74) is 1.02. The van der Waals surface area contributed by atoms with Crippen LogP contribution in [0.4, 0.5) is 0 Å². The van der Waals surface area contributed by atoms with Crippen LogP contribution in [-0.2, 0) is 18.6 Å². The van der Waals surface area contributed by atoms with Crippen LogP contribution >= 0.6 is 7.60 Å². The van der Waals surface area contributed by atoms with Gasteiger partial charge in [0.1, 0.15) is 30.2 Å². The fraction of sp³-hybridized carbons (Fsp3) is 0.583. The van der Waals surface area contributed by atoms with E-state index in [0.29, 0.717) is 11.2 Å². The molecule has 1 saturated heterocycles. The highest BCUT2D eigenvalue weighted by atomic mass is 31.2. The molecule has 126 valence electrons. The van der Waals surface area contributed by atoms with Crippen LogP contribution in [0.1, 0.15) is 6.23 Å². The molecule has 2 aromatic heterocycles. The van der Waals surface area contributed by atoms with Crippen molar-refractivity contribution in [3.05, 3.63) is 18.9 Å². The molecule has 0 saturated carbocycles. The van der Waals surface area contributed by atoms with E-state index in [-0.39, 0.29) is 6.61 Å². The molecule has 1 fully saturated rings. The third kappa shape index (κ3) is 3.27. The Balaban J connectivity index is 1.93. The molecule has 1 aliphatic heterocycles. The van der Waals surface area contributed by atoms with E-state index in [2.05, 4.69) is 15.0 Å². The van der Waals surface area contributed by atoms with Gasteiger partial charge in [0.2, 0.25) is 0 Å². The van der Waals surface area contributed by atoms with Crippen molar-refractivity contribution in [3.8, 4) is 0 Å². The summed E-state index contributed by atoms with van der Waals surface area (Å²) in [4.78, 5) is 21.6. The number of aliphatic hydroxyl groups is 1. The zero-order valence-corrected chi connectivity index (χ0v) is 13.4. The molecular weight excluding hydrogens is 327 g/mol. The fourth-order valence-corrected chi connectivity index (χ4v) is 3.29. The first kappa shape index (κ1) is 16.4. The molecular formula is C12H17N4O6P. The van der Waals surface area contributed by atoms with Gasteiger partial charge in [-0.1, -0.05) is 0 Å². The van der Waals surface area contributed by atoms with Crippen molar-refractivity contribution in [2.24, 2.45) is 0 Å². The predicted octanol–water partition coefficient (Wildman–Crippen LogP) is -0.0686. The number of hydrogen-bond acceptors (Lipinski definition) is 8. The molecule has 0 radical (unpaired) electrons. The minimum absolute atomic E-state index is 0.0971. The van der Waals surface area contributed by atoms with Gasteiger partial charge in [-0.05, 0) is 0 Å². The van der Waals surface area contributed by atoms with E-state index in [1.165, 1.54) is 30.5 Å². The highest BCUT2D eigenvalue weighted by Crippen LogP contribution is 2.44. The van der Waals surface area contributed by atoms with Crippen LogP contribution in [0.15, 0.2) is 18.9 Å². The van der Waals surface area contributed by atoms with Crippen molar-refractivity contribution >= 4 is 18.8 Å². The summed E-state index contributed by atoms with van der Waals surface area (Å²) >= 11 is 0. The minimum Gasteiger partial charge on any atom is -0.386 e. The smallest absolute Gasteiger partial charge is 0.325 e. The fourth-order valence-electron chi connectivity index (χ4n) is 2.57. The molecule has 0 aliphatic carbocycles. The molecule has 1 aliphatic rings. The number of hydrogen-bond donors (Lipinski definition) is 2. The summed E-state index contributed by atoms with van der Waals surface area (Å²) in [7, 11) is -2.35. The Labute approximate surface area is 131 Å². The molecule has 10 nitrogen and oxygen atoms in total. The molecule has 3 rings (SSSR count). The number of imidazole rings is 1. The molecule has 0 bridgehead atoms. The van der Waals surface area contributed by atoms with Gasteiger partial charge in [0.05, 0.1) is 19.1 Å². The number of aromatic nitrogens is 4. The summed E-state index contributed by atoms with van der Waals surface area (Å²) in [6, 6.07) is 0. The third-order valence-electron chi connectivity index (χ3n) is 3.47. The van der Waals surface area contributed by atoms with E-state index >= 15 is 0 Å². The molecule has 2 unspecified atom stereocenters. The number of rotatable bonds is 5. The lowest BCUT2D eigenvalue weighted by atomic mass is 10.1. The molecule has 0 amide bonds. The van der Waals surface area contributed by atoms with Crippen molar-refractivity contribution in [2.45, 2.75) is 24.5 Å². The van der Waals surface area contributed by atoms with Crippen molar-refractivity contribution < 1.29 is 28.6 Å². The number of aliphatic hydroxyl groups excluding tert-OH is 1. The van der Waals surface area contributed by atoms with Crippen LogP contribution < -0.4 is 0 Å². The van der Waals surface area contributed by atoms with E-state index in [1.807, 2.05) is 0 Å². The predicted molar refractivity (Wildman–Crippen MR) is 77.7 cm³/mol. The quantitative estimate of drug-likeness (QED) is 0.716. The zero-order valence-electron chi connectivity index (χ0n) is 12.5. The van der Waals surface area contributed by atoms with Crippen LogP contribution in [0.5, 0.6) is 0 Å². The van der Waals surface area contributed by atoms with Gasteiger partial charge in [-0.2, -0.15) is 0 Å². The van der Waals surface area contributed by atoms with Crippen LogP contribution in [0.2, 0.25) is 0 Å². The van der Waals surface area contributed by atoms with Gasteiger partial charge in [-0.25, -0.2) is 15.0 Å². The van der Waals surface area contributed by atoms with Crippen LogP contribution in [-0.4, -0.2) is 68.2 Å². The second-order valence-corrected chi connectivity index (χ2v) is 7.08. The van der Waals surface area contributed by atoms with Crippen molar-refractivity contribution in [1.29, 1.82) is 0 Å². The SMILES string of the molecule is COC[C@H]1O[C@@H](n2cnc3cncnc32)[C@@H](O)C1OP(C)(=O)O. The maximum Gasteiger partial charge on any atom is 0.325 e. The number of fused-ring (bicyclic) bond motifs is 1. The number of nitrogens with zero attached hydrogens (tertiary/aromatic N) is 4.